The maximum absolute atomic E-state index is 11.0. The Morgan fingerprint density at radius 2 is 1.89 bits per heavy atom. The molecule has 5 N–H and O–H groups in total. The third-order valence-electron chi connectivity index (χ3n) is 2.25. The molecule has 0 saturated heterocycles. The summed E-state index contributed by atoms with van der Waals surface area (Å²) in [4.78, 5) is 21.9. The van der Waals surface area contributed by atoms with E-state index in [9.17, 15) is 9.59 Å². The van der Waals surface area contributed by atoms with Crippen LogP contribution >= 0.6 is 0 Å². The first kappa shape index (κ1) is 13.9. The lowest BCUT2D eigenvalue weighted by atomic mass is 10.1. The van der Waals surface area contributed by atoms with Crippen molar-refractivity contribution in [2.24, 2.45) is 0 Å². The fourth-order valence-corrected chi connectivity index (χ4v) is 1.40. The van der Waals surface area contributed by atoms with Crippen LogP contribution in [-0.2, 0) is 0 Å². The zero-order valence-electron chi connectivity index (χ0n) is 9.33. The zero-order valence-corrected chi connectivity index (χ0v) is 9.33. The largest absolute Gasteiger partial charge is 0.478 e. The molecule has 98 valence electrons. The second-order valence-electron chi connectivity index (χ2n) is 3.56. The van der Waals surface area contributed by atoms with E-state index in [2.05, 4.69) is 5.32 Å². The number of benzene rings is 1. The van der Waals surface area contributed by atoms with Crippen molar-refractivity contribution in [1.29, 1.82) is 0 Å². The van der Waals surface area contributed by atoms with Gasteiger partial charge in [-0.15, -0.1) is 0 Å². The maximum atomic E-state index is 11.0. The number of aliphatic hydroxyl groups excluding tert-OH is 2. The van der Waals surface area contributed by atoms with Crippen molar-refractivity contribution in [1.82, 2.24) is 0 Å². The van der Waals surface area contributed by atoms with E-state index in [0.717, 1.165) is 0 Å². The van der Waals surface area contributed by atoms with Crippen LogP contribution in [0.15, 0.2) is 18.2 Å². The van der Waals surface area contributed by atoms with Gasteiger partial charge in [0.05, 0.1) is 23.8 Å². The third-order valence-corrected chi connectivity index (χ3v) is 2.25. The van der Waals surface area contributed by atoms with E-state index in [1.54, 1.807) is 0 Å². The number of nitrogens with one attached hydrogen (secondary N) is 1. The van der Waals surface area contributed by atoms with Gasteiger partial charge in [0.1, 0.15) is 0 Å². The Hall–Kier alpha value is -2.12. The lowest BCUT2D eigenvalue weighted by molar-refractivity contribution is 0.0652. The molecule has 0 bridgehead atoms. The molecule has 1 aromatic carbocycles. The molecule has 0 amide bonds. The number of aliphatic hydroxyl groups is 2. The summed E-state index contributed by atoms with van der Waals surface area (Å²) in [5.41, 5.74) is -0.643. The summed E-state index contributed by atoms with van der Waals surface area (Å²) in [6, 6.07) is 3.96. The van der Waals surface area contributed by atoms with Crippen LogP contribution in [0.3, 0.4) is 0 Å². The van der Waals surface area contributed by atoms with E-state index < -0.39 is 24.6 Å². The van der Waals surface area contributed by atoms with Crippen molar-refractivity contribution >= 4 is 17.6 Å². The Morgan fingerprint density at radius 3 is 2.39 bits per heavy atom. The van der Waals surface area contributed by atoms with E-state index in [0.29, 0.717) is 0 Å². The van der Waals surface area contributed by atoms with Crippen LogP contribution in [0.5, 0.6) is 0 Å². The first-order valence-electron chi connectivity index (χ1n) is 5.09. The van der Waals surface area contributed by atoms with Gasteiger partial charge in [0.25, 0.3) is 0 Å². The van der Waals surface area contributed by atoms with Crippen LogP contribution in [0.25, 0.3) is 0 Å². The Kier molecular flexibility index (Phi) is 4.64. The predicted molar refractivity (Wildman–Crippen MR) is 61.9 cm³/mol. The van der Waals surface area contributed by atoms with Gasteiger partial charge in [-0.2, -0.15) is 0 Å². The second-order valence-corrected chi connectivity index (χ2v) is 3.56. The fourth-order valence-electron chi connectivity index (χ4n) is 1.40. The van der Waals surface area contributed by atoms with Crippen LogP contribution in [0.4, 0.5) is 5.69 Å². The summed E-state index contributed by atoms with van der Waals surface area (Å²) in [6.45, 7) is -0.562. The SMILES string of the molecule is O=C(O)c1cccc(NCC(O)CO)c1C(=O)O. The molecule has 0 spiro atoms. The Balaban J connectivity index is 3.07. The van der Waals surface area contributed by atoms with Crippen LogP contribution in [0.2, 0.25) is 0 Å². The molecule has 0 aliphatic heterocycles. The highest BCUT2D eigenvalue weighted by atomic mass is 16.4. The van der Waals surface area contributed by atoms with Gasteiger partial charge in [0.2, 0.25) is 0 Å². The van der Waals surface area contributed by atoms with Gasteiger partial charge in [-0.05, 0) is 12.1 Å². The Bertz CT molecular complexity index is 459. The predicted octanol–water partition coefficient (Wildman–Crippen LogP) is -0.152. The quantitative estimate of drug-likeness (QED) is 0.478. The summed E-state index contributed by atoms with van der Waals surface area (Å²) >= 11 is 0. The highest BCUT2D eigenvalue weighted by Crippen LogP contribution is 2.20. The monoisotopic (exact) mass is 255 g/mol. The maximum Gasteiger partial charge on any atom is 0.338 e. The molecule has 1 rings (SSSR count). The van der Waals surface area contributed by atoms with Gasteiger partial charge in [-0.25, -0.2) is 9.59 Å². The molecule has 0 fully saturated rings. The number of carbonyl (C=O) groups is 2. The molecule has 1 atom stereocenters. The molecule has 0 aliphatic rings. The van der Waals surface area contributed by atoms with Gasteiger partial charge in [0.15, 0.2) is 0 Å². The molecule has 7 heteroatoms. The summed E-state index contributed by atoms with van der Waals surface area (Å²) in [5.74, 6) is -2.73. The average Bonchev–Trinajstić information content (AvgIpc) is 2.34. The Labute approximate surface area is 102 Å². The van der Waals surface area contributed by atoms with Gasteiger partial charge < -0.3 is 25.7 Å². The van der Waals surface area contributed by atoms with Crippen molar-refractivity contribution < 1.29 is 30.0 Å². The molecule has 18 heavy (non-hydrogen) atoms. The number of aromatic carboxylic acids is 2. The number of hydrogen-bond donors (Lipinski definition) is 5. The molecule has 0 aliphatic carbocycles. The lowest BCUT2D eigenvalue weighted by Gasteiger charge is -2.13. The normalized spacial score (nSPS) is 11.9. The zero-order chi connectivity index (χ0) is 13.7. The first-order valence-corrected chi connectivity index (χ1v) is 5.09. The molecule has 0 saturated carbocycles. The fraction of sp³-hybridized carbons (Fsp3) is 0.273. The minimum Gasteiger partial charge on any atom is -0.478 e. The van der Waals surface area contributed by atoms with Crippen LogP contribution in [-0.4, -0.2) is 51.6 Å². The highest BCUT2D eigenvalue weighted by molar-refractivity contribution is 6.05. The lowest BCUT2D eigenvalue weighted by Crippen LogP contribution is -2.24. The average molecular weight is 255 g/mol. The first-order chi connectivity index (χ1) is 8.47. The number of carboxylic acid groups (broad SMARTS) is 2. The van der Waals surface area contributed by atoms with Gasteiger partial charge >= 0.3 is 11.9 Å². The van der Waals surface area contributed by atoms with Gasteiger partial charge in [-0.1, -0.05) is 6.07 Å². The summed E-state index contributed by atoms with van der Waals surface area (Å²) in [5, 5.41) is 38.3. The topological polar surface area (TPSA) is 127 Å². The third kappa shape index (κ3) is 3.19. The van der Waals surface area contributed by atoms with Gasteiger partial charge in [-0.3, -0.25) is 0 Å². The minimum atomic E-state index is -1.38. The van der Waals surface area contributed by atoms with Crippen molar-refractivity contribution in [2.45, 2.75) is 6.10 Å². The molecular weight excluding hydrogens is 242 g/mol. The van der Waals surface area contributed by atoms with Crippen molar-refractivity contribution in [3.63, 3.8) is 0 Å². The standard InChI is InChI=1S/C11H13NO6/c13-5-6(14)4-12-8-3-1-2-7(10(15)16)9(8)11(17)18/h1-3,6,12-14H,4-5H2,(H,15,16)(H,17,18). The summed E-state index contributed by atoms with van der Waals surface area (Å²) < 4.78 is 0. The van der Waals surface area contributed by atoms with Crippen LogP contribution in [0.1, 0.15) is 20.7 Å². The van der Waals surface area contributed by atoms with Gasteiger partial charge in [0, 0.05) is 12.2 Å². The summed E-state index contributed by atoms with van der Waals surface area (Å²) in [6.07, 6.45) is -1.06. The minimum absolute atomic E-state index is 0.0786. The van der Waals surface area contributed by atoms with E-state index in [-0.39, 0.29) is 23.4 Å². The van der Waals surface area contributed by atoms with Crippen LogP contribution < -0.4 is 5.32 Å². The van der Waals surface area contributed by atoms with Crippen LogP contribution in [0, 0.1) is 0 Å². The molecule has 0 radical (unpaired) electrons. The van der Waals surface area contributed by atoms with E-state index in [4.69, 9.17) is 20.4 Å². The van der Waals surface area contributed by atoms with Crippen molar-refractivity contribution in [2.75, 3.05) is 18.5 Å². The van der Waals surface area contributed by atoms with Crippen molar-refractivity contribution in [3.8, 4) is 0 Å². The number of hydrogen-bond acceptors (Lipinski definition) is 5. The molecule has 1 unspecified atom stereocenters. The smallest absolute Gasteiger partial charge is 0.338 e. The molecular formula is C11H13NO6. The molecule has 0 aromatic heterocycles. The number of rotatable bonds is 6. The van der Waals surface area contributed by atoms with E-state index in [1.165, 1.54) is 18.2 Å². The highest BCUT2D eigenvalue weighted by Gasteiger charge is 2.20. The molecule has 0 heterocycles. The Morgan fingerprint density at radius 1 is 1.22 bits per heavy atom. The number of anilines is 1. The van der Waals surface area contributed by atoms with Crippen molar-refractivity contribution in [3.05, 3.63) is 29.3 Å². The van der Waals surface area contributed by atoms with E-state index >= 15 is 0 Å². The molecule has 7 nitrogen and oxygen atoms in total. The summed E-state index contributed by atoms with van der Waals surface area (Å²) in [7, 11) is 0. The molecule has 1 aromatic rings. The number of carboxylic acids is 2. The van der Waals surface area contributed by atoms with E-state index in [1.807, 2.05) is 0 Å². The second kappa shape index (κ2) is 5.99.